The number of aliphatic hydroxyl groups excluding tert-OH is 1. The number of likely N-dealkylation sites (tertiary alicyclic amines) is 1. The largest absolute Gasteiger partial charge is 0.391 e. The third kappa shape index (κ3) is 3.75. The van der Waals surface area contributed by atoms with Gasteiger partial charge in [0.05, 0.1) is 17.8 Å². The second kappa shape index (κ2) is 7.68. The van der Waals surface area contributed by atoms with Crippen molar-refractivity contribution in [2.75, 3.05) is 31.1 Å². The van der Waals surface area contributed by atoms with E-state index in [1.165, 1.54) is 0 Å². The first-order chi connectivity index (χ1) is 14.6. The van der Waals surface area contributed by atoms with Gasteiger partial charge in [0.2, 0.25) is 5.91 Å². The molecule has 8 heteroatoms. The average Bonchev–Trinajstić information content (AvgIpc) is 3.16. The molecule has 0 aliphatic carbocycles. The summed E-state index contributed by atoms with van der Waals surface area (Å²) in [7, 11) is 0. The van der Waals surface area contributed by atoms with Crippen LogP contribution >= 0.6 is 0 Å². The smallest absolute Gasteiger partial charge is 0.244 e. The van der Waals surface area contributed by atoms with Gasteiger partial charge in [0.1, 0.15) is 12.4 Å². The van der Waals surface area contributed by atoms with Gasteiger partial charge >= 0.3 is 0 Å². The summed E-state index contributed by atoms with van der Waals surface area (Å²) in [6.07, 6.45) is 9.17. The lowest BCUT2D eigenvalue weighted by Crippen LogP contribution is -2.55. The molecule has 0 saturated carbocycles. The van der Waals surface area contributed by atoms with E-state index >= 15 is 0 Å². The third-order valence-corrected chi connectivity index (χ3v) is 6.43. The van der Waals surface area contributed by atoms with Gasteiger partial charge in [-0.3, -0.25) is 14.5 Å². The molecule has 1 amide bonds. The Hall–Kier alpha value is -3.00. The molecule has 1 aromatic carbocycles. The predicted molar refractivity (Wildman–Crippen MR) is 113 cm³/mol. The molecule has 0 bridgehead atoms. The van der Waals surface area contributed by atoms with Crippen molar-refractivity contribution in [3.05, 3.63) is 49.1 Å². The molecule has 1 spiro atoms. The van der Waals surface area contributed by atoms with Crippen LogP contribution in [0.25, 0.3) is 10.9 Å². The van der Waals surface area contributed by atoms with E-state index in [1.54, 1.807) is 23.3 Å². The maximum atomic E-state index is 12.9. The van der Waals surface area contributed by atoms with Crippen molar-refractivity contribution in [2.24, 2.45) is 5.41 Å². The summed E-state index contributed by atoms with van der Waals surface area (Å²) >= 11 is 0. The molecule has 8 nitrogen and oxygen atoms in total. The number of aliphatic hydroxyl groups is 1. The van der Waals surface area contributed by atoms with E-state index in [1.807, 2.05) is 35.4 Å². The lowest BCUT2D eigenvalue weighted by atomic mass is 9.71. The Morgan fingerprint density at radius 2 is 2.03 bits per heavy atom. The number of carbonyl (C=O) groups excluding carboxylic acids is 1. The van der Waals surface area contributed by atoms with Gasteiger partial charge in [0.15, 0.2) is 0 Å². The number of β-amino-alcohol motifs (C(OH)–C–C–N with tert-alkyl or cyclic N) is 1. The highest BCUT2D eigenvalue weighted by atomic mass is 16.3. The number of benzene rings is 1. The highest BCUT2D eigenvalue weighted by Gasteiger charge is 2.42. The lowest BCUT2D eigenvalue weighted by molar-refractivity contribution is -0.134. The van der Waals surface area contributed by atoms with Gasteiger partial charge in [-0.15, -0.1) is 0 Å². The van der Waals surface area contributed by atoms with Crippen LogP contribution in [0.15, 0.2) is 49.1 Å². The topological polar surface area (TPSA) is 87.4 Å². The number of nitrogens with zero attached hydrogens (tertiary/aromatic N) is 6. The number of fused-ring (bicyclic) bond motifs is 1. The average molecular weight is 406 g/mol. The van der Waals surface area contributed by atoms with E-state index in [0.29, 0.717) is 19.6 Å². The number of amides is 1. The maximum Gasteiger partial charge on any atom is 0.244 e. The Kier molecular flexibility index (Phi) is 4.86. The van der Waals surface area contributed by atoms with E-state index in [9.17, 15) is 9.90 Å². The molecule has 3 aromatic rings. The second-order valence-corrected chi connectivity index (χ2v) is 8.57. The highest BCUT2D eigenvalue weighted by molar-refractivity contribution is 5.80. The fourth-order valence-electron chi connectivity index (χ4n) is 4.91. The van der Waals surface area contributed by atoms with Crippen molar-refractivity contribution in [1.29, 1.82) is 0 Å². The first-order valence-corrected chi connectivity index (χ1v) is 10.5. The zero-order chi connectivity index (χ0) is 20.6. The van der Waals surface area contributed by atoms with Crippen molar-refractivity contribution in [3.8, 4) is 0 Å². The van der Waals surface area contributed by atoms with Crippen molar-refractivity contribution >= 4 is 22.6 Å². The van der Waals surface area contributed by atoms with Crippen LogP contribution in [0.2, 0.25) is 0 Å². The summed E-state index contributed by atoms with van der Waals surface area (Å²) in [6.45, 7) is 3.10. The standard InChI is InChI=1S/C22H26N6O2/c29-18-11-22(16-27(14-18)20-12-23-7-8-24-20)5-9-26(10-6-22)21(30)15-28-13-17-3-1-2-4-19(17)25-28/h1-4,7-8,12-13,18,29H,5-6,9-11,14-16H2. The monoisotopic (exact) mass is 406 g/mol. The van der Waals surface area contributed by atoms with Crippen LogP contribution in [0.1, 0.15) is 19.3 Å². The van der Waals surface area contributed by atoms with Crippen LogP contribution in [0.3, 0.4) is 0 Å². The van der Waals surface area contributed by atoms with Crippen LogP contribution in [-0.2, 0) is 11.3 Å². The second-order valence-electron chi connectivity index (χ2n) is 8.57. The van der Waals surface area contributed by atoms with Gasteiger partial charge in [-0.05, 0) is 30.7 Å². The van der Waals surface area contributed by atoms with E-state index in [2.05, 4.69) is 20.0 Å². The minimum absolute atomic E-state index is 0.00630. The minimum atomic E-state index is -0.389. The number of carbonyl (C=O) groups is 1. The molecule has 5 rings (SSSR count). The minimum Gasteiger partial charge on any atom is -0.391 e. The number of piperidine rings is 2. The molecule has 2 fully saturated rings. The molecule has 1 atom stereocenters. The van der Waals surface area contributed by atoms with E-state index in [4.69, 9.17) is 0 Å². The van der Waals surface area contributed by atoms with Crippen molar-refractivity contribution in [3.63, 3.8) is 0 Å². The first-order valence-electron chi connectivity index (χ1n) is 10.5. The van der Waals surface area contributed by atoms with Gasteiger partial charge in [0, 0.05) is 50.2 Å². The van der Waals surface area contributed by atoms with Crippen molar-refractivity contribution < 1.29 is 9.90 Å². The summed E-state index contributed by atoms with van der Waals surface area (Å²) in [5, 5.41) is 16.1. The quantitative estimate of drug-likeness (QED) is 0.713. The molecule has 2 aromatic heterocycles. The molecule has 2 aliphatic rings. The Labute approximate surface area is 175 Å². The fourth-order valence-corrected chi connectivity index (χ4v) is 4.91. The lowest BCUT2D eigenvalue weighted by Gasteiger charge is -2.49. The predicted octanol–water partition coefficient (Wildman–Crippen LogP) is 1.71. The normalized spacial score (nSPS) is 21.3. The van der Waals surface area contributed by atoms with Gasteiger partial charge in [-0.1, -0.05) is 18.2 Å². The summed E-state index contributed by atoms with van der Waals surface area (Å²) < 4.78 is 1.73. The van der Waals surface area contributed by atoms with Gasteiger partial charge < -0.3 is 14.9 Å². The van der Waals surface area contributed by atoms with Gasteiger partial charge in [-0.25, -0.2) is 4.98 Å². The Morgan fingerprint density at radius 3 is 2.80 bits per heavy atom. The summed E-state index contributed by atoms with van der Waals surface area (Å²) in [5.41, 5.74) is 0.912. The molecule has 156 valence electrons. The highest BCUT2D eigenvalue weighted by Crippen LogP contribution is 2.40. The molecule has 2 aliphatic heterocycles. The third-order valence-electron chi connectivity index (χ3n) is 6.43. The van der Waals surface area contributed by atoms with Crippen LogP contribution in [-0.4, -0.2) is 67.9 Å². The van der Waals surface area contributed by atoms with Gasteiger partial charge in [0.25, 0.3) is 0 Å². The molecular formula is C22H26N6O2. The molecule has 0 radical (unpaired) electrons. The molecular weight excluding hydrogens is 380 g/mol. The number of hydrogen-bond donors (Lipinski definition) is 1. The van der Waals surface area contributed by atoms with E-state index in [-0.39, 0.29) is 24.0 Å². The Balaban J connectivity index is 1.23. The zero-order valence-electron chi connectivity index (χ0n) is 16.9. The number of hydrogen-bond acceptors (Lipinski definition) is 6. The number of aromatic nitrogens is 4. The Bertz CT molecular complexity index is 995. The fraction of sp³-hybridized carbons (Fsp3) is 0.455. The number of rotatable bonds is 3. The molecule has 30 heavy (non-hydrogen) atoms. The van der Waals surface area contributed by atoms with Crippen LogP contribution in [0, 0.1) is 5.41 Å². The molecule has 2 saturated heterocycles. The van der Waals surface area contributed by atoms with Crippen LogP contribution < -0.4 is 4.90 Å². The number of anilines is 1. The Morgan fingerprint density at radius 1 is 1.20 bits per heavy atom. The molecule has 1 N–H and O–H groups in total. The molecule has 4 heterocycles. The van der Waals surface area contributed by atoms with E-state index < -0.39 is 0 Å². The molecule has 1 unspecified atom stereocenters. The van der Waals surface area contributed by atoms with E-state index in [0.717, 1.165) is 42.5 Å². The van der Waals surface area contributed by atoms with Crippen LogP contribution in [0.5, 0.6) is 0 Å². The zero-order valence-corrected chi connectivity index (χ0v) is 16.9. The SMILES string of the molecule is O=C(Cn1cc2ccccc2n1)N1CCC2(CC1)CC(O)CN(c1cnccn1)C2. The maximum absolute atomic E-state index is 12.9. The first kappa shape index (κ1) is 19.0. The van der Waals surface area contributed by atoms with Crippen molar-refractivity contribution in [1.82, 2.24) is 24.6 Å². The summed E-state index contributed by atoms with van der Waals surface area (Å²) in [6, 6.07) is 7.89. The summed E-state index contributed by atoms with van der Waals surface area (Å²) in [5.74, 6) is 0.902. The van der Waals surface area contributed by atoms with Crippen LogP contribution in [0.4, 0.5) is 5.82 Å². The van der Waals surface area contributed by atoms with Gasteiger partial charge in [-0.2, -0.15) is 5.10 Å². The van der Waals surface area contributed by atoms with Crippen molar-refractivity contribution in [2.45, 2.75) is 31.9 Å². The summed E-state index contributed by atoms with van der Waals surface area (Å²) in [4.78, 5) is 25.5.